The first kappa shape index (κ1) is 16.9. The predicted octanol–water partition coefficient (Wildman–Crippen LogP) is 4.71. The molecule has 1 aliphatic heterocycles. The van der Waals surface area contributed by atoms with Crippen molar-refractivity contribution < 1.29 is 4.74 Å². The average molecular weight is 321 g/mol. The number of hydrogen-bond donors (Lipinski definition) is 0. The van der Waals surface area contributed by atoms with Crippen molar-refractivity contribution in [3.63, 3.8) is 0 Å². The molecule has 0 spiro atoms. The molecule has 0 amide bonds. The van der Waals surface area contributed by atoms with Crippen LogP contribution in [0.1, 0.15) is 56.2 Å². The fourth-order valence-corrected chi connectivity index (χ4v) is 3.49. The highest BCUT2D eigenvalue weighted by Crippen LogP contribution is 2.29. The number of allylic oxidation sites excluding steroid dienone is 2. The Morgan fingerprint density at radius 1 is 1.17 bits per heavy atom. The van der Waals surface area contributed by atoms with Crippen LogP contribution in [-0.4, -0.2) is 30.6 Å². The number of rotatable bonds is 2. The topological polar surface area (TPSA) is 12.5 Å². The third-order valence-electron chi connectivity index (χ3n) is 4.95. The molecular formula is C22H27NO. The minimum Gasteiger partial charge on any atom is -0.504 e. The van der Waals surface area contributed by atoms with Gasteiger partial charge in [0, 0.05) is 5.56 Å². The Bertz CT molecular complexity index is 709. The Morgan fingerprint density at radius 3 is 2.71 bits per heavy atom. The summed E-state index contributed by atoms with van der Waals surface area (Å²) in [6.07, 6.45) is 11.1. The Balaban J connectivity index is 1.85. The zero-order chi connectivity index (χ0) is 17.0. The summed E-state index contributed by atoms with van der Waals surface area (Å²) < 4.78 is 5.23. The van der Waals surface area contributed by atoms with E-state index in [0.29, 0.717) is 0 Å². The summed E-state index contributed by atoms with van der Waals surface area (Å²) in [5, 5.41) is 0. The second-order valence-electron chi connectivity index (χ2n) is 7.14. The largest absolute Gasteiger partial charge is 0.504 e. The van der Waals surface area contributed by atoms with Crippen LogP contribution in [0.3, 0.4) is 0 Å². The van der Waals surface area contributed by atoms with Crippen molar-refractivity contribution in [2.75, 3.05) is 20.2 Å². The Kier molecular flexibility index (Phi) is 5.11. The van der Waals surface area contributed by atoms with Gasteiger partial charge in [0.15, 0.2) is 0 Å². The van der Waals surface area contributed by atoms with E-state index in [2.05, 4.69) is 60.9 Å². The number of likely N-dealkylation sites (tertiary alicyclic amines) is 1. The summed E-state index contributed by atoms with van der Waals surface area (Å²) in [6, 6.07) is 6.48. The summed E-state index contributed by atoms with van der Waals surface area (Å²) in [5.41, 5.74) is 4.71. The third-order valence-corrected chi connectivity index (χ3v) is 4.95. The molecule has 0 bridgehead atoms. The first-order chi connectivity index (χ1) is 11.6. The zero-order valence-corrected chi connectivity index (χ0v) is 15.1. The minimum absolute atomic E-state index is 0.0680. The molecule has 0 aromatic heterocycles. The fraction of sp³-hybridized carbons (Fsp3) is 0.455. The van der Waals surface area contributed by atoms with Crippen molar-refractivity contribution in [2.24, 2.45) is 0 Å². The van der Waals surface area contributed by atoms with Gasteiger partial charge in [-0.2, -0.15) is 0 Å². The van der Waals surface area contributed by atoms with E-state index in [4.69, 9.17) is 4.74 Å². The highest BCUT2D eigenvalue weighted by atomic mass is 16.5. The first-order valence-electron chi connectivity index (χ1n) is 8.91. The third kappa shape index (κ3) is 3.74. The van der Waals surface area contributed by atoms with Gasteiger partial charge < -0.3 is 4.74 Å². The average Bonchev–Trinajstić information content (AvgIpc) is 2.61. The highest BCUT2D eigenvalue weighted by Gasteiger charge is 2.25. The van der Waals surface area contributed by atoms with Gasteiger partial charge in [0.05, 0.1) is 18.9 Å². The number of methoxy groups -OCH3 is 1. The number of hydrogen-bond acceptors (Lipinski definition) is 2. The van der Waals surface area contributed by atoms with Gasteiger partial charge in [-0.3, -0.25) is 4.90 Å². The first-order valence-corrected chi connectivity index (χ1v) is 8.91. The van der Waals surface area contributed by atoms with E-state index in [1.54, 1.807) is 7.11 Å². The maximum absolute atomic E-state index is 5.23. The lowest BCUT2D eigenvalue weighted by molar-refractivity contribution is 0.139. The van der Waals surface area contributed by atoms with Gasteiger partial charge in [0.2, 0.25) is 0 Å². The molecule has 0 atom stereocenters. The summed E-state index contributed by atoms with van der Waals surface area (Å²) in [4.78, 5) is 2.51. The molecule has 126 valence electrons. The lowest BCUT2D eigenvalue weighted by atomic mass is 9.91. The molecule has 1 fully saturated rings. The van der Waals surface area contributed by atoms with Crippen molar-refractivity contribution >= 4 is 11.6 Å². The zero-order valence-electron chi connectivity index (χ0n) is 15.1. The fourth-order valence-electron chi connectivity index (χ4n) is 3.49. The summed E-state index contributed by atoms with van der Waals surface area (Å²) in [7, 11) is 1.70. The van der Waals surface area contributed by atoms with Crippen LogP contribution in [0.25, 0.3) is 11.6 Å². The maximum Gasteiger partial charge on any atom is 0.0865 e. The van der Waals surface area contributed by atoms with Crippen molar-refractivity contribution in [3.05, 3.63) is 47.2 Å². The predicted molar refractivity (Wildman–Crippen MR) is 101 cm³/mol. The van der Waals surface area contributed by atoms with E-state index in [9.17, 15) is 0 Å². The number of ether oxygens (including phenoxy) is 1. The summed E-state index contributed by atoms with van der Waals surface area (Å²) >= 11 is 0. The molecule has 3 rings (SSSR count). The van der Waals surface area contributed by atoms with E-state index in [-0.39, 0.29) is 5.54 Å². The van der Waals surface area contributed by atoms with Gasteiger partial charge in [-0.05, 0) is 75.0 Å². The van der Waals surface area contributed by atoms with Gasteiger partial charge in [-0.25, -0.2) is 0 Å². The van der Waals surface area contributed by atoms with Crippen LogP contribution in [0.4, 0.5) is 0 Å². The number of nitrogens with zero attached hydrogens (tertiary/aromatic N) is 1. The van der Waals surface area contributed by atoms with Crippen LogP contribution in [0.15, 0.2) is 30.5 Å². The number of fused-ring (bicyclic) bond motifs is 1. The maximum atomic E-state index is 5.23. The van der Waals surface area contributed by atoms with Crippen LogP contribution in [0.2, 0.25) is 0 Å². The SMILES string of the molecule is COC=C1CC=Cc2ccc(C#CC(C)(C)N3CCCCC3)cc21. The monoisotopic (exact) mass is 321 g/mol. The molecule has 1 saturated heterocycles. The molecule has 2 aliphatic rings. The summed E-state index contributed by atoms with van der Waals surface area (Å²) in [6.45, 7) is 6.81. The lowest BCUT2D eigenvalue weighted by Gasteiger charge is -2.37. The van der Waals surface area contributed by atoms with Crippen LogP contribution in [0.5, 0.6) is 0 Å². The highest BCUT2D eigenvalue weighted by molar-refractivity contribution is 5.79. The molecule has 0 saturated carbocycles. The standard InChI is InChI=1S/C22H27NO/c1-22(2,23-14-5-4-6-15-23)13-12-18-10-11-19-8-7-9-20(17-24-3)21(19)16-18/h7-8,10-11,16-17H,4-6,9,14-15H2,1-3H3. The van der Waals surface area contributed by atoms with E-state index in [1.807, 2.05) is 6.26 Å². The minimum atomic E-state index is -0.0680. The molecule has 1 aromatic rings. The van der Waals surface area contributed by atoms with Gasteiger partial charge in [-0.1, -0.05) is 36.5 Å². The van der Waals surface area contributed by atoms with Gasteiger partial charge in [0.1, 0.15) is 0 Å². The lowest BCUT2D eigenvalue weighted by Crippen LogP contribution is -2.45. The Hall–Kier alpha value is -1.98. The summed E-state index contributed by atoms with van der Waals surface area (Å²) in [5.74, 6) is 6.92. The Morgan fingerprint density at radius 2 is 1.96 bits per heavy atom. The Labute approximate surface area is 146 Å². The number of piperidine rings is 1. The molecule has 1 aliphatic carbocycles. The van der Waals surface area contributed by atoms with Crippen molar-refractivity contribution in [1.29, 1.82) is 0 Å². The van der Waals surface area contributed by atoms with Gasteiger partial charge in [0.25, 0.3) is 0 Å². The molecule has 0 radical (unpaired) electrons. The van der Waals surface area contributed by atoms with Gasteiger partial charge >= 0.3 is 0 Å². The molecule has 2 nitrogen and oxygen atoms in total. The number of benzene rings is 1. The molecule has 1 heterocycles. The van der Waals surface area contributed by atoms with Crippen molar-refractivity contribution in [2.45, 2.75) is 45.1 Å². The quantitative estimate of drug-likeness (QED) is 0.578. The second-order valence-corrected chi connectivity index (χ2v) is 7.14. The van der Waals surface area contributed by atoms with E-state index >= 15 is 0 Å². The molecule has 24 heavy (non-hydrogen) atoms. The van der Waals surface area contributed by atoms with Crippen molar-refractivity contribution in [1.82, 2.24) is 4.90 Å². The van der Waals surface area contributed by atoms with Crippen LogP contribution < -0.4 is 0 Å². The molecule has 1 aromatic carbocycles. The normalized spacial score (nSPS) is 19.5. The van der Waals surface area contributed by atoms with Crippen LogP contribution in [0, 0.1) is 11.8 Å². The van der Waals surface area contributed by atoms with Crippen molar-refractivity contribution in [3.8, 4) is 11.8 Å². The molecule has 2 heteroatoms. The van der Waals surface area contributed by atoms with Gasteiger partial charge in [-0.15, -0.1) is 0 Å². The smallest absolute Gasteiger partial charge is 0.0865 e. The molecule has 0 N–H and O–H groups in total. The molecule has 0 unspecified atom stereocenters. The van der Waals surface area contributed by atoms with Crippen LogP contribution >= 0.6 is 0 Å². The second kappa shape index (κ2) is 7.28. The van der Waals surface area contributed by atoms with E-state index in [1.165, 1.54) is 36.0 Å². The van der Waals surface area contributed by atoms with E-state index < -0.39 is 0 Å². The molecular weight excluding hydrogens is 294 g/mol. The van der Waals surface area contributed by atoms with Crippen LogP contribution in [-0.2, 0) is 4.74 Å². The van der Waals surface area contributed by atoms with E-state index in [0.717, 1.165) is 25.1 Å².